The molecule has 0 saturated heterocycles. The first-order valence-corrected chi connectivity index (χ1v) is 5.26. The third-order valence-corrected chi connectivity index (χ3v) is 2.58. The molecular formula is C10H11ClN4O. The van der Waals surface area contributed by atoms with Gasteiger partial charge in [-0.05, 0) is 6.92 Å². The zero-order valence-electron chi connectivity index (χ0n) is 8.71. The van der Waals surface area contributed by atoms with Crippen molar-refractivity contribution in [3.63, 3.8) is 0 Å². The Hall–Kier alpha value is -1.46. The molecule has 0 amide bonds. The molecule has 1 N–H and O–H groups in total. The number of aliphatic hydroxyl groups excluding tert-OH is 1. The predicted molar refractivity (Wildman–Crippen MR) is 59.0 cm³/mol. The van der Waals surface area contributed by atoms with Crippen LogP contribution in [0.25, 0.3) is 0 Å². The average molecular weight is 239 g/mol. The molecule has 2 heterocycles. The molecule has 0 spiro atoms. The van der Waals surface area contributed by atoms with E-state index < -0.39 is 6.10 Å². The van der Waals surface area contributed by atoms with E-state index in [2.05, 4.69) is 15.1 Å². The van der Waals surface area contributed by atoms with E-state index in [-0.39, 0.29) is 0 Å². The Morgan fingerprint density at radius 3 is 2.69 bits per heavy atom. The molecule has 1 atom stereocenters. The Bertz CT molecular complexity index is 471. The van der Waals surface area contributed by atoms with Gasteiger partial charge in [-0.3, -0.25) is 4.68 Å². The van der Waals surface area contributed by atoms with Crippen LogP contribution < -0.4 is 0 Å². The summed E-state index contributed by atoms with van der Waals surface area (Å²) in [5, 5.41) is 14.7. The van der Waals surface area contributed by atoms with Crippen molar-refractivity contribution >= 4 is 11.6 Å². The monoisotopic (exact) mass is 238 g/mol. The lowest BCUT2D eigenvalue weighted by atomic mass is 10.1. The number of nitrogens with zero attached hydrogens (tertiary/aromatic N) is 4. The summed E-state index contributed by atoms with van der Waals surface area (Å²) >= 11 is 5.98. The fourth-order valence-corrected chi connectivity index (χ4v) is 1.75. The molecule has 0 saturated carbocycles. The number of aliphatic hydroxyl groups is 1. The molecule has 2 aromatic heterocycles. The van der Waals surface area contributed by atoms with Crippen LogP contribution in [0.3, 0.4) is 0 Å². The molecule has 0 aliphatic heterocycles. The zero-order chi connectivity index (χ0) is 11.5. The maximum Gasteiger partial charge on any atom is 0.125 e. The Morgan fingerprint density at radius 2 is 2.06 bits per heavy atom. The average Bonchev–Trinajstić information content (AvgIpc) is 2.70. The van der Waals surface area contributed by atoms with E-state index in [0.717, 1.165) is 0 Å². The Balaban J connectivity index is 2.41. The maximum absolute atomic E-state index is 10.1. The molecule has 1 unspecified atom stereocenters. The third kappa shape index (κ3) is 1.91. The molecule has 84 valence electrons. The lowest BCUT2D eigenvalue weighted by Gasteiger charge is -2.12. The summed E-state index contributed by atoms with van der Waals surface area (Å²) in [5.41, 5.74) is 1.17. The summed E-state index contributed by atoms with van der Waals surface area (Å²) in [5.74, 6) is 0. The number of aryl methyl sites for hydroxylation is 1. The van der Waals surface area contributed by atoms with Crippen molar-refractivity contribution in [3.05, 3.63) is 41.2 Å². The van der Waals surface area contributed by atoms with Gasteiger partial charge in [0.1, 0.15) is 12.4 Å². The van der Waals surface area contributed by atoms with Crippen molar-refractivity contribution < 1.29 is 5.11 Å². The minimum atomic E-state index is -0.851. The molecule has 0 aliphatic rings. The van der Waals surface area contributed by atoms with Gasteiger partial charge in [0.25, 0.3) is 0 Å². The SMILES string of the molecule is CCn1ncc(Cl)c1C(O)c1cncnc1. The predicted octanol–water partition coefficient (Wildman–Crippen LogP) is 1.43. The van der Waals surface area contributed by atoms with Crippen molar-refractivity contribution in [2.75, 3.05) is 0 Å². The highest BCUT2D eigenvalue weighted by molar-refractivity contribution is 6.31. The number of rotatable bonds is 3. The molecule has 6 heteroatoms. The summed E-state index contributed by atoms with van der Waals surface area (Å²) in [6, 6.07) is 0. The summed E-state index contributed by atoms with van der Waals surface area (Å²) in [7, 11) is 0. The van der Waals surface area contributed by atoms with Gasteiger partial charge < -0.3 is 5.11 Å². The minimum absolute atomic E-state index is 0.443. The lowest BCUT2D eigenvalue weighted by molar-refractivity contribution is 0.207. The van der Waals surface area contributed by atoms with E-state index >= 15 is 0 Å². The standard InChI is InChI=1S/C10H11ClN4O/c1-2-15-9(8(11)5-14-15)10(16)7-3-12-6-13-4-7/h3-6,10,16H,2H2,1H3. The van der Waals surface area contributed by atoms with E-state index in [1.54, 1.807) is 17.1 Å². The van der Waals surface area contributed by atoms with Crippen LogP contribution in [0.1, 0.15) is 24.3 Å². The van der Waals surface area contributed by atoms with E-state index in [4.69, 9.17) is 11.6 Å². The summed E-state index contributed by atoms with van der Waals surface area (Å²) in [6.07, 6.45) is 5.20. The zero-order valence-corrected chi connectivity index (χ0v) is 9.46. The highest BCUT2D eigenvalue weighted by Crippen LogP contribution is 2.27. The van der Waals surface area contributed by atoms with E-state index in [0.29, 0.717) is 22.8 Å². The fourth-order valence-electron chi connectivity index (χ4n) is 1.51. The normalized spacial score (nSPS) is 12.7. The first-order valence-electron chi connectivity index (χ1n) is 4.88. The van der Waals surface area contributed by atoms with Crippen LogP contribution in [0.5, 0.6) is 0 Å². The maximum atomic E-state index is 10.1. The first kappa shape index (κ1) is 11.0. The second-order valence-corrected chi connectivity index (χ2v) is 3.68. The molecule has 5 nitrogen and oxygen atoms in total. The molecule has 0 bridgehead atoms. The van der Waals surface area contributed by atoms with Gasteiger partial charge in [0.2, 0.25) is 0 Å². The first-order chi connectivity index (χ1) is 7.74. The van der Waals surface area contributed by atoms with Crippen LogP contribution in [0.2, 0.25) is 5.02 Å². The Kier molecular flexibility index (Phi) is 3.17. The van der Waals surface area contributed by atoms with Crippen LogP contribution in [0, 0.1) is 0 Å². The molecule has 0 aromatic carbocycles. The van der Waals surface area contributed by atoms with E-state index in [1.807, 2.05) is 6.92 Å². The second kappa shape index (κ2) is 4.59. The topological polar surface area (TPSA) is 63.8 Å². The number of hydrogen-bond donors (Lipinski definition) is 1. The molecule has 0 radical (unpaired) electrons. The van der Waals surface area contributed by atoms with Gasteiger partial charge in [-0.2, -0.15) is 5.10 Å². The van der Waals surface area contributed by atoms with Gasteiger partial charge in [0, 0.05) is 24.5 Å². The van der Waals surface area contributed by atoms with Crippen LogP contribution in [-0.4, -0.2) is 24.9 Å². The van der Waals surface area contributed by atoms with Crippen LogP contribution in [0.15, 0.2) is 24.9 Å². The van der Waals surface area contributed by atoms with Gasteiger partial charge in [0.15, 0.2) is 0 Å². The summed E-state index contributed by atoms with van der Waals surface area (Å²) in [4.78, 5) is 7.71. The molecular weight excluding hydrogens is 228 g/mol. The van der Waals surface area contributed by atoms with Crippen LogP contribution >= 0.6 is 11.6 Å². The van der Waals surface area contributed by atoms with Crippen molar-refractivity contribution in [2.24, 2.45) is 0 Å². The van der Waals surface area contributed by atoms with Gasteiger partial charge in [0.05, 0.1) is 16.9 Å². The largest absolute Gasteiger partial charge is 0.382 e. The summed E-state index contributed by atoms with van der Waals surface area (Å²) in [6.45, 7) is 2.58. The Morgan fingerprint density at radius 1 is 1.38 bits per heavy atom. The van der Waals surface area contributed by atoms with Crippen LogP contribution in [0.4, 0.5) is 0 Å². The second-order valence-electron chi connectivity index (χ2n) is 3.27. The summed E-state index contributed by atoms with van der Waals surface area (Å²) < 4.78 is 1.65. The number of hydrogen-bond acceptors (Lipinski definition) is 4. The highest BCUT2D eigenvalue weighted by atomic mass is 35.5. The van der Waals surface area contributed by atoms with Gasteiger partial charge in [-0.1, -0.05) is 11.6 Å². The number of halogens is 1. The highest BCUT2D eigenvalue weighted by Gasteiger charge is 2.19. The van der Waals surface area contributed by atoms with E-state index in [9.17, 15) is 5.11 Å². The van der Waals surface area contributed by atoms with Crippen molar-refractivity contribution in [1.82, 2.24) is 19.7 Å². The van der Waals surface area contributed by atoms with Gasteiger partial charge >= 0.3 is 0 Å². The third-order valence-electron chi connectivity index (χ3n) is 2.29. The van der Waals surface area contributed by atoms with Crippen molar-refractivity contribution in [3.8, 4) is 0 Å². The molecule has 0 aliphatic carbocycles. The molecule has 2 aromatic rings. The number of aromatic nitrogens is 4. The smallest absolute Gasteiger partial charge is 0.125 e. The quantitative estimate of drug-likeness (QED) is 0.879. The lowest BCUT2D eigenvalue weighted by Crippen LogP contribution is -2.10. The van der Waals surface area contributed by atoms with Crippen molar-refractivity contribution in [2.45, 2.75) is 19.6 Å². The van der Waals surface area contributed by atoms with Gasteiger partial charge in [-0.15, -0.1) is 0 Å². The Labute approximate surface area is 97.7 Å². The van der Waals surface area contributed by atoms with E-state index in [1.165, 1.54) is 12.5 Å². The van der Waals surface area contributed by atoms with Crippen LogP contribution in [-0.2, 0) is 6.54 Å². The van der Waals surface area contributed by atoms with Crippen molar-refractivity contribution in [1.29, 1.82) is 0 Å². The minimum Gasteiger partial charge on any atom is -0.382 e. The fraction of sp³-hybridized carbons (Fsp3) is 0.300. The molecule has 0 fully saturated rings. The molecule has 2 rings (SSSR count). The van der Waals surface area contributed by atoms with Gasteiger partial charge in [-0.25, -0.2) is 9.97 Å². The molecule has 16 heavy (non-hydrogen) atoms.